The number of rotatable bonds is 2. The number of halogens is 2. The molecule has 0 atom stereocenters. The van der Waals surface area contributed by atoms with E-state index in [1.54, 1.807) is 11.0 Å². The van der Waals surface area contributed by atoms with E-state index in [1.165, 1.54) is 0 Å². The Kier molecular flexibility index (Phi) is 5.59. The van der Waals surface area contributed by atoms with Gasteiger partial charge >= 0.3 is 0 Å². The number of likely N-dealkylation sites (tertiary alicyclic amines) is 1. The molecule has 5 heteroatoms. The van der Waals surface area contributed by atoms with E-state index in [4.69, 9.17) is 0 Å². The zero-order chi connectivity index (χ0) is 13.9. The van der Waals surface area contributed by atoms with Crippen LogP contribution in [0.1, 0.15) is 47.5 Å². The lowest BCUT2D eigenvalue weighted by molar-refractivity contribution is 0.0788. The van der Waals surface area contributed by atoms with Crippen LogP contribution >= 0.6 is 12.4 Å². The molecule has 2 aliphatic rings. The van der Waals surface area contributed by atoms with E-state index in [-0.39, 0.29) is 35.6 Å². The van der Waals surface area contributed by atoms with Gasteiger partial charge in [-0.2, -0.15) is 0 Å². The van der Waals surface area contributed by atoms with Gasteiger partial charge in [-0.05, 0) is 56.3 Å². The number of nitrogens with zero attached hydrogens (tertiary/aromatic N) is 1. The van der Waals surface area contributed by atoms with E-state index < -0.39 is 0 Å². The molecule has 1 N–H and O–H groups in total. The van der Waals surface area contributed by atoms with Crippen LogP contribution in [-0.2, 0) is 0 Å². The Morgan fingerprint density at radius 2 is 1.86 bits per heavy atom. The second kappa shape index (κ2) is 7.23. The van der Waals surface area contributed by atoms with Gasteiger partial charge in [0, 0.05) is 13.1 Å². The SMILES string of the molecule is Cl.O=C(c1cccc(C2CCNCC2)c1F)N1CCCC1. The van der Waals surface area contributed by atoms with Crippen molar-refractivity contribution in [3.8, 4) is 0 Å². The summed E-state index contributed by atoms with van der Waals surface area (Å²) >= 11 is 0. The predicted molar refractivity (Wildman–Crippen MR) is 83.6 cm³/mol. The monoisotopic (exact) mass is 312 g/mol. The van der Waals surface area contributed by atoms with E-state index in [1.807, 2.05) is 12.1 Å². The lowest BCUT2D eigenvalue weighted by Crippen LogP contribution is -2.30. The lowest BCUT2D eigenvalue weighted by Gasteiger charge is -2.24. The normalized spacial score (nSPS) is 19.4. The second-order valence-electron chi connectivity index (χ2n) is 5.73. The summed E-state index contributed by atoms with van der Waals surface area (Å²) in [7, 11) is 0. The van der Waals surface area contributed by atoms with Crippen LogP contribution in [-0.4, -0.2) is 37.0 Å². The average Bonchev–Trinajstić information content (AvgIpc) is 3.02. The highest BCUT2D eigenvalue weighted by atomic mass is 35.5. The zero-order valence-electron chi connectivity index (χ0n) is 12.1. The lowest BCUT2D eigenvalue weighted by atomic mass is 9.88. The van der Waals surface area contributed by atoms with Crippen LogP contribution in [0.25, 0.3) is 0 Å². The molecular formula is C16H22ClFN2O. The molecule has 21 heavy (non-hydrogen) atoms. The fourth-order valence-electron chi connectivity index (χ4n) is 3.25. The maximum absolute atomic E-state index is 14.7. The number of nitrogens with one attached hydrogen (secondary N) is 1. The molecule has 1 aromatic rings. The van der Waals surface area contributed by atoms with Gasteiger partial charge in [0.05, 0.1) is 5.56 Å². The van der Waals surface area contributed by atoms with Crippen molar-refractivity contribution in [2.45, 2.75) is 31.6 Å². The van der Waals surface area contributed by atoms with Gasteiger partial charge in [0.2, 0.25) is 0 Å². The van der Waals surface area contributed by atoms with Crippen molar-refractivity contribution in [3.63, 3.8) is 0 Å². The van der Waals surface area contributed by atoms with Crippen molar-refractivity contribution in [1.82, 2.24) is 10.2 Å². The average molecular weight is 313 g/mol. The number of carbonyl (C=O) groups excluding carboxylic acids is 1. The number of hydrogen-bond acceptors (Lipinski definition) is 2. The summed E-state index contributed by atoms with van der Waals surface area (Å²) in [6, 6.07) is 5.29. The molecule has 1 amide bonds. The van der Waals surface area contributed by atoms with E-state index in [0.29, 0.717) is 0 Å². The van der Waals surface area contributed by atoms with Crippen molar-refractivity contribution >= 4 is 18.3 Å². The second-order valence-corrected chi connectivity index (χ2v) is 5.73. The highest BCUT2D eigenvalue weighted by Gasteiger charge is 2.26. The molecule has 2 heterocycles. The van der Waals surface area contributed by atoms with Gasteiger partial charge in [-0.1, -0.05) is 12.1 Å². The molecule has 0 aliphatic carbocycles. The Hall–Kier alpha value is -1.13. The summed E-state index contributed by atoms with van der Waals surface area (Å²) in [4.78, 5) is 14.1. The molecule has 2 aliphatic heterocycles. The highest BCUT2D eigenvalue weighted by molar-refractivity contribution is 5.94. The van der Waals surface area contributed by atoms with E-state index in [2.05, 4.69) is 5.32 Å². The molecule has 3 nitrogen and oxygen atoms in total. The van der Waals surface area contributed by atoms with Crippen LogP contribution in [0.15, 0.2) is 18.2 Å². The van der Waals surface area contributed by atoms with Gasteiger partial charge in [0.25, 0.3) is 5.91 Å². The van der Waals surface area contributed by atoms with Crippen molar-refractivity contribution in [3.05, 3.63) is 35.1 Å². The fourth-order valence-corrected chi connectivity index (χ4v) is 3.25. The van der Waals surface area contributed by atoms with Gasteiger partial charge in [0.1, 0.15) is 5.82 Å². The van der Waals surface area contributed by atoms with Crippen molar-refractivity contribution in [2.24, 2.45) is 0 Å². The number of piperidine rings is 1. The Labute approximate surface area is 131 Å². The van der Waals surface area contributed by atoms with Gasteiger partial charge in [0.15, 0.2) is 0 Å². The summed E-state index contributed by atoms with van der Waals surface area (Å²) < 4.78 is 14.7. The summed E-state index contributed by atoms with van der Waals surface area (Å²) in [5.74, 6) is -0.199. The molecule has 0 spiro atoms. The summed E-state index contributed by atoms with van der Waals surface area (Å²) in [6.45, 7) is 3.37. The minimum atomic E-state index is -0.295. The van der Waals surface area contributed by atoms with E-state index in [9.17, 15) is 9.18 Å². The maximum atomic E-state index is 14.7. The van der Waals surface area contributed by atoms with Crippen molar-refractivity contribution < 1.29 is 9.18 Å². The first-order valence-corrected chi connectivity index (χ1v) is 7.56. The number of carbonyl (C=O) groups is 1. The number of hydrogen-bond donors (Lipinski definition) is 1. The van der Waals surface area contributed by atoms with Gasteiger partial charge in [-0.3, -0.25) is 4.79 Å². The van der Waals surface area contributed by atoms with Gasteiger partial charge in [-0.25, -0.2) is 4.39 Å². The molecule has 0 radical (unpaired) electrons. The smallest absolute Gasteiger partial charge is 0.256 e. The molecule has 116 valence electrons. The first kappa shape index (κ1) is 16.2. The molecule has 0 unspecified atom stereocenters. The third-order valence-electron chi connectivity index (χ3n) is 4.43. The highest BCUT2D eigenvalue weighted by Crippen LogP contribution is 2.29. The van der Waals surface area contributed by atoms with Gasteiger partial charge < -0.3 is 10.2 Å². The predicted octanol–water partition coefficient (Wildman–Crippen LogP) is 2.95. The third kappa shape index (κ3) is 3.38. The quantitative estimate of drug-likeness (QED) is 0.910. The Balaban J connectivity index is 0.00000161. The summed E-state index contributed by atoms with van der Waals surface area (Å²) in [5.41, 5.74) is 0.972. The molecule has 1 aromatic carbocycles. The first-order valence-electron chi connectivity index (χ1n) is 7.56. The standard InChI is InChI=1S/C16H21FN2O.ClH/c17-15-13(12-6-8-18-9-7-12)4-3-5-14(15)16(20)19-10-1-2-11-19;/h3-5,12,18H,1-2,6-11H2;1H. The Bertz CT molecular complexity index is 497. The van der Waals surface area contributed by atoms with Crippen molar-refractivity contribution in [2.75, 3.05) is 26.2 Å². The molecule has 3 rings (SSSR count). The summed E-state index contributed by atoms with van der Waals surface area (Å²) in [5, 5.41) is 3.29. The van der Waals surface area contributed by atoms with Gasteiger partial charge in [-0.15, -0.1) is 12.4 Å². The van der Waals surface area contributed by atoms with Crippen molar-refractivity contribution in [1.29, 1.82) is 0 Å². The van der Waals surface area contributed by atoms with Crippen LogP contribution in [0, 0.1) is 5.82 Å². The van der Waals surface area contributed by atoms with Crippen LogP contribution in [0.5, 0.6) is 0 Å². The summed E-state index contributed by atoms with van der Waals surface area (Å²) in [6.07, 6.45) is 3.94. The van der Waals surface area contributed by atoms with Crippen LogP contribution in [0.4, 0.5) is 4.39 Å². The maximum Gasteiger partial charge on any atom is 0.256 e. The zero-order valence-corrected chi connectivity index (χ0v) is 12.9. The minimum Gasteiger partial charge on any atom is -0.339 e. The number of benzene rings is 1. The first-order chi connectivity index (χ1) is 9.77. The Morgan fingerprint density at radius 1 is 1.19 bits per heavy atom. The topological polar surface area (TPSA) is 32.3 Å². The fraction of sp³-hybridized carbons (Fsp3) is 0.562. The van der Waals surface area contributed by atoms with E-state index in [0.717, 1.165) is 57.4 Å². The number of amides is 1. The van der Waals surface area contributed by atoms with Crippen LogP contribution in [0.3, 0.4) is 0 Å². The third-order valence-corrected chi connectivity index (χ3v) is 4.43. The Morgan fingerprint density at radius 3 is 2.52 bits per heavy atom. The molecule has 0 saturated carbocycles. The van der Waals surface area contributed by atoms with Crippen LogP contribution < -0.4 is 5.32 Å². The largest absolute Gasteiger partial charge is 0.339 e. The molecule has 2 saturated heterocycles. The minimum absolute atomic E-state index is 0. The molecule has 0 bridgehead atoms. The molecule has 2 fully saturated rings. The molecular weight excluding hydrogens is 291 g/mol. The van der Waals surface area contributed by atoms with E-state index >= 15 is 0 Å². The molecule has 0 aromatic heterocycles. The van der Waals surface area contributed by atoms with Crippen LogP contribution in [0.2, 0.25) is 0 Å².